The summed E-state index contributed by atoms with van der Waals surface area (Å²) in [7, 11) is 2.79. The Morgan fingerprint density at radius 1 is 1.22 bits per heavy atom. The fourth-order valence-corrected chi connectivity index (χ4v) is 4.52. The first kappa shape index (κ1) is 25.0. The van der Waals surface area contributed by atoms with E-state index in [2.05, 4.69) is 16.0 Å². The number of aryl methyl sites for hydroxylation is 1. The number of rotatable bonds is 7. The maximum Gasteiger partial charge on any atom is 0.228 e. The van der Waals surface area contributed by atoms with Gasteiger partial charge in [-0.2, -0.15) is 10.2 Å². The third kappa shape index (κ3) is 4.82. The molecule has 36 heavy (non-hydrogen) atoms. The van der Waals surface area contributed by atoms with Crippen molar-refractivity contribution in [1.29, 1.82) is 5.26 Å². The van der Waals surface area contributed by atoms with Gasteiger partial charge in [0.2, 0.25) is 11.9 Å². The second-order valence-corrected chi connectivity index (χ2v) is 8.64. The molecule has 0 unspecified atom stereocenters. The van der Waals surface area contributed by atoms with E-state index in [1.807, 2.05) is 28.9 Å². The predicted octanol–water partition coefficient (Wildman–Crippen LogP) is 3.30. The third-order valence-electron chi connectivity index (χ3n) is 6.57. The number of carbonyl (C=O) groups is 1. The molecule has 188 valence electrons. The van der Waals surface area contributed by atoms with Gasteiger partial charge in [0, 0.05) is 37.5 Å². The first-order valence-electron chi connectivity index (χ1n) is 11.8. The summed E-state index contributed by atoms with van der Waals surface area (Å²) >= 11 is 0. The Kier molecular flexibility index (Phi) is 7.38. The monoisotopic (exact) mass is 492 g/mol. The number of nitrogens with two attached hydrogens (primary N) is 1. The first-order chi connectivity index (χ1) is 17.4. The maximum atomic E-state index is 15.2. The third-order valence-corrected chi connectivity index (χ3v) is 6.57. The molecular formula is C26H29FN6O3. The molecule has 2 N–H and O–H groups in total. The summed E-state index contributed by atoms with van der Waals surface area (Å²) < 4.78 is 25.6. The van der Waals surface area contributed by atoms with Crippen molar-refractivity contribution < 1.29 is 18.7 Å². The first-order valence-corrected chi connectivity index (χ1v) is 11.8. The van der Waals surface area contributed by atoms with E-state index < -0.39 is 5.82 Å². The van der Waals surface area contributed by atoms with Gasteiger partial charge in [-0.3, -0.25) is 4.79 Å². The average molecular weight is 493 g/mol. The number of benzene rings is 2. The molecule has 0 radical (unpaired) electrons. The summed E-state index contributed by atoms with van der Waals surface area (Å²) in [6.07, 6.45) is 1.74. The normalized spacial score (nSPS) is 15.6. The second kappa shape index (κ2) is 10.6. The van der Waals surface area contributed by atoms with Gasteiger partial charge in [-0.05, 0) is 36.6 Å². The van der Waals surface area contributed by atoms with Gasteiger partial charge in [0.15, 0.2) is 17.3 Å². The molecule has 2 heterocycles. The van der Waals surface area contributed by atoms with Gasteiger partial charge >= 0.3 is 0 Å². The molecule has 0 spiro atoms. The quantitative estimate of drug-likeness (QED) is 0.534. The van der Waals surface area contributed by atoms with Crippen molar-refractivity contribution in [2.45, 2.75) is 32.2 Å². The number of nitrogens with zero attached hydrogens (tertiary/aromatic N) is 5. The van der Waals surface area contributed by atoms with E-state index in [4.69, 9.17) is 20.5 Å². The second-order valence-electron chi connectivity index (χ2n) is 8.64. The lowest BCUT2D eigenvalue weighted by Gasteiger charge is -2.41. The van der Waals surface area contributed by atoms with Crippen molar-refractivity contribution >= 4 is 28.6 Å². The van der Waals surface area contributed by atoms with Gasteiger partial charge in [0.1, 0.15) is 11.3 Å². The van der Waals surface area contributed by atoms with Crippen LogP contribution in [0.2, 0.25) is 0 Å². The summed E-state index contributed by atoms with van der Waals surface area (Å²) in [5, 5.41) is 9.28. The Morgan fingerprint density at radius 2 is 1.97 bits per heavy atom. The Balaban J connectivity index is 1.51. The van der Waals surface area contributed by atoms with Crippen LogP contribution in [0.4, 0.5) is 16.2 Å². The number of piperazine rings is 1. The summed E-state index contributed by atoms with van der Waals surface area (Å²) in [6.45, 7) is 3.54. The van der Waals surface area contributed by atoms with Gasteiger partial charge < -0.3 is 25.0 Å². The predicted molar refractivity (Wildman–Crippen MR) is 134 cm³/mol. The number of halogens is 1. The Labute approximate surface area is 209 Å². The number of aromatic nitrogens is 2. The van der Waals surface area contributed by atoms with Crippen LogP contribution in [-0.2, 0) is 11.2 Å². The number of methoxy groups -OCH3 is 2. The number of hydrogen-bond acceptors (Lipinski definition) is 8. The number of ether oxygens (including phenoxy) is 2. The number of carbonyl (C=O) groups excluding carboxylic acids is 1. The minimum atomic E-state index is -0.660. The van der Waals surface area contributed by atoms with Crippen LogP contribution in [0.3, 0.4) is 0 Å². The number of nitriles is 1. The fourth-order valence-electron chi connectivity index (χ4n) is 4.52. The van der Waals surface area contributed by atoms with Crippen LogP contribution < -0.4 is 20.1 Å². The molecule has 4 rings (SSSR count). The Hall–Kier alpha value is -4.13. The maximum absolute atomic E-state index is 15.2. The fraction of sp³-hybridized carbons (Fsp3) is 0.385. The van der Waals surface area contributed by atoms with Crippen molar-refractivity contribution in [2.24, 2.45) is 0 Å². The van der Waals surface area contributed by atoms with Crippen molar-refractivity contribution in [1.82, 2.24) is 14.9 Å². The van der Waals surface area contributed by atoms with Gasteiger partial charge in [0.25, 0.3) is 0 Å². The lowest BCUT2D eigenvalue weighted by atomic mass is 10.1. The topological polar surface area (TPSA) is 118 Å². The molecule has 2 aromatic carbocycles. The van der Waals surface area contributed by atoms with Crippen molar-refractivity contribution in [3.05, 3.63) is 47.3 Å². The van der Waals surface area contributed by atoms with Crippen LogP contribution in [0.25, 0.3) is 10.9 Å². The molecule has 3 aromatic rings. The molecule has 0 aliphatic carbocycles. The highest BCUT2D eigenvalue weighted by Gasteiger charge is 2.31. The van der Waals surface area contributed by atoms with E-state index >= 15 is 4.39 Å². The smallest absolute Gasteiger partial charge is 0.228 e. The molecule has 1 aromatic heterocycles. The molecule has 1 saturated heterocycles. The van der Waals surface area contributed by atoms with Crippen molar-refractivity contribution in [3.8, 4) is 17.6 Å². The van der Waals surface area contributed by atoms with Crippen LogP contribution in [0.1, 0.15) is 30.9 Å². The van der Waals surface area contributed by atoms with Crippen molar-refractivity contribution in [3.63, 3.8) is 0 Å². The summed E-state index contributed by atoms with van der Waals surface area (Å²) in [4.78, 5) is 25.7. The largest absolute Gasteiger partial charge is 0.493 e. The molecular weight excluding hydrogens is 463 g/mol. The lowest BCUT2D eigenvalue weighted by Crippen LogP contribution is -2.55. The number of amides is 1. The van der Waals surface area contributed by atoms with Crippen LogP contribution in [0.5, 0.6) is 11.5 Å². The minimum absolute atomic E-state index is 0.0428. The molecule has 9 nitrogen and oxygen atoms in total. The van der Waals surface area contributed by atoms with Crippen LogP contribution >= 0.6 is 0 Å². The van der Waals surface area contributed by atoms with Crippen molar-refractivity contribution in [2.75, 3.05) is 44.5 Å². The highest BCUT2D eigenvalue weighted by molar-refractivity contribution is 5.92. The van der Waals surface area contributed by atoms with Gasteiger partial charge in [-0.25, -0.2) is 9.37 Å². The zero-order valence-corrected chi connectivity index (χ0v) is 20.6. The number of hydrogen-bond donors (Lipinski definition) is 1. The lowest BCUT2D eigenvalue weighted by molar-refractivity contribution is -0.132. The Morgan fingerprint density at radius 3 is 2.61 bits per heavy atom. The Bertz CT molecular complexity index is 1310. The van der Waals surface area contributed by atoms with E-state index in [1.54, 1.807) is 18.2 Å². The SMILES string of the molecule is CC[C@H]1CN(C(=O)CCc2ccc(C#N)cc2)CCN1c1nc(N)c2cc(OC)c(OC)c(F)c2n1. The summed E-state index contributed by atoms with van der Waals surface area (Å²) in [5.41, 5.74) is 7.88. The van der Waals surface area contributed by atoms with Gasteiger partial charge in [-0.15, -0.1) is 0 Å². The van der Waals surface area contributed by atoms with E-state index in [0.29, 0.717) is 49.4 Å². The highest BCUT2D eigenvalue weighted by atomic mass is 19.1. The van der Waals surface area contributed by atoms with Gasteiger partial charge in [-0.1, -0.05) is 19.1 Å². The molecule has 1 atom stereocenters. The summed E-state index contributed by atoms with van der Waals surface area (Å²) in [6, 6.07) is 10.9. The standard InChI is InChI=1S/C26H29FN6O3/c1-4-18-15-32(21(34)10-9-16-5-7-17(14-28)8-6-16)11-12-33(18)26-30-23-19(25(29)31-26)13-20(35-2)24(36-3)22(23)27/h5-8,13,18H,4,9-12,15H2,1-3H3,(H2,29,30,31)/t18-/m0/s1. The number of nitrogen functional groups attached to an aromatic ring is 1. The van der Waals surface area contributed by atoms with E-state index in [-0.39, 0.29) is 34.8 Å². The molecule has 1 aliphatic heterocycles. The molecule has 0 saturated carbocycles. The zero-order chi connectivity index (χ0) is 25.8. The van der Waals surface area contributed by atoms with Crippen LogP contribution in [-0.4, -0.2) is 60.7 Å². The minimum Gasteiger partial charge on any atom is -0.493 e. The number of fused-ring (bicyclic) bond motifs is 1. The van der Waals surface area contributed by atoms with Crippen LogP contribution in [0, 0.1) is 17.1 Å². The van der Waals surface area contributed by atoms with E-state index in [1.165, 1.54) is 14.2 Å². The molecule has 1 aliphatic rings. The number of anilines is 2. The molecule has 1 fully saturated rings. The molecule has 1 amide bonds. The molecule has 0 bridgehead atoms. The zero-order valence-electron chi connectivity index (χ0n) is 20.6. The summed E-state index contributed by atoms with van der Waals surface area (Å²) in [5.74, 6) is 0.0447. The van der Waals surface area contributed by atoms with Crippen LogP contribution in [0.15, 0.2) is 30.3 Å². The molecule has 10 heteroatoms. The van der Waals surface area contributed by atoms with Gasteiger partial charge in [0.05, 0.1) is 25.9 Å². The van der Waals surface area contributed by atoms with E-state index in [9.17, 15) is 4.79 Å². The average Bonchev–Trinajstić information content (AvgIpc) is 2.91. The highest BCUT2D eigenvalue weighted by Crippen LogP contribution is 2.38. The van der Waals surface area contributed by atoms with E-state index in [0.717, 1.165) is 12.0 Å².